The highest BCUT2D eigenvalue weighted by Crippen LogP contribution is 2.03. The summed E-state index contributed by atoms with van der Waals surface area (Å²) >= 11 is 5.38. The topological polar surface area (TPSA) is 0 Å². The summed E-state index contributed by atoms with van der Waals surface area (Å²) in [6, 6.07) is 0. The Balaban J connectivity index is 0. The summed E-state index contributed by atoms with van der Waals surface area (Å²) in [6.45, 7) is 6.57. The second-order valence-corrected chi connectivity index (χ2v) is 4.34. The van der Waals surface area contributed by atoms with Crippen LogP contribution in [0.4, 0.5) is 0 Å². The van der Waals surface area contributed by atoms with Crippen molar-refractivity contribution >= 4 is 20.2 Å². The predicted octanol–water partition coefficient (Wildman–Crippen LogP) is 4.39. The smallest absolute Gasteiger partial charge is 0.0223 e. The van der Waals surface area contributed by atoms with Crippen LogP contribution < -0.4 is 0 Å². The predicted molar refractivity (Wildman–Crippen MR) is 58.2 cm³/mol. The molecular weight excluding hydrogens is 175 g/mol. The van der Waals surface area contributed by atoms with Gasteiger partial charge in [-0.1, -0.05) is 42.2 Å². The van der Waals surface area contributed by atoms with Gasteiger partial charge in [0.2, 0.25) is 0 Å². The number of hydrogen-bond acceptors (Lipinski definition) is 0. The SMILES string of the molecule is CCCCCCl.CC[P]CC. The van der Waals surface area contributed by atoms with Crippen LogP contribution in [-0.2, 0) is 0 Å². The van der Waals surface area contributed by atoms with Gasteiger partial charge in [0.15, 0.2) is 0 Å². The molecule has 0 saturated carbocycles. The Morgan fingerprint density at radius 1 is 1.00 bits per heavy atom. The van der Waals surface area contributed by atoms with Crippen molar-refractivity contribution in [3.05, 3.63) is 0 Å². The van der Waals surface area contributed by atoms with Crippen LogP contribution in [0.5, 0.6) is 0 Å². The van der Waals surface area contributed by atoms with Gasteiger partial charge in [0.05, 0.1) is 0 Å². The number of rotatable bonds is 5. The first-order valence-electron chi connectivity index (χ1n) is 4.52. The van der Waals surface area contributed by atoms with Crippen molar-refractivity contribution in [1.82, 2.24) is 0 Å². The van der Waals surface area contributed by atoms with E-state index < -0.39 is 0 Å². The minimum absolute atomic E-state index is 0.827. The van der Waals surface area contributed by atoms with Crippen LogP contribution >= 0.6 is 20.2 Å². The van der Waals surface area contributed by atoms with E-state index in [0.717, 1.165) is 5.88 Å². The third kappa shape index (κ3) is 24.9. The maximum Gasteiger partial charge on any atom is 0.0223 e. The van der Waals surface area contributed by atoms with Crippen molar-refractivity contribution in [1.29, 1.82) is 0 Å². The van der Waals surface area contributed by atoms with Crippen molar-refractivity contribution in [2.45, 2.75) is 40.0 Å². The fraction of sp³-hybridized carbons (Fsp3) is 1.00. The average molecular weight is 196 g/mol. The van der Waals surface area contributed by atoms with E-state index in [1.165, 1.54) is 31.6 Å². The molecule has 0 aliphatic heterocycles. The quantitative estimate of drug-likeness (QED) is 0.347. The molecule has 0 nitrogen and oxygen atoms in total. The summed E-state index contributed by atoms with van der Waals surface area (Å²) in [6.07, 6.45) is 6.36. The molecule has 0 aromatic carbocycles. The number of unbranched alkanes of at least 4 members (excludes halogenated alkanes) is 2. The van der Waals surface area contributed by atoms with E-state index in [9.17, 15) is 0 Å². The van der Waals surface area contributed by atoms with Gasteiger partial charge < -0.3 is 0 Å². The molecule has 11 heavy (non-hydrogen) atoms. The van der Waals surface area contributed by atoms with Gasteiger partial charge in [-0.3, -0.25) is 0 Å². The molecule has 0 saturated heterocycles. The zero-order chi connectivity index (χ0) is 8.95. The molecule has 0 aliphatic carbocycles. The van der Waals surface area contributed by atoms with Crippen molar-refractivity contribution in [2.75, 3.05) is 18.2 Å². The monoisotopic (exact) mass is 195 g/mol. The Bertz CT molecular complexity index is 42.8. The Labute approximate surface area is 78.9 Å². The molecule has 0 spiro atoms. The first-order chi connectivity index (χ1) is 5.33. The fourth-order valence-electron chi connectivity index (χ4n) is 0.568. The minimum atomic E-state index is 0.827. The second kappa shape index (κ2) is 17.0. The first kappa shape index (κ1) is 14.3. The molecule has 0 aliphatic rings. The van der Waals surface area contributed by atoms with E-state index in [1.807, 2.05) is 0 Å². The van der Waals surface area contributed by atoms with E-state index in [0.29, 0.717) is 0 Å². The first-order valence-corrected chi connectivity index (χ1v) is 6.32. The van der Waals surface area contributed by atoms with Gasteiger partial charge >= 0.3 is 0 Å². The van der Waals surface area contributed by atoms with Gasteiger partial charge in [0.25, 0.3) is 0 Å². The minimum Gasteiger partial charge on any atom is -0.127 e. The Kier molecular flexibility index (Phi) is 22.0. The molecule has 2 heteroatoms. The second-order valence-electron chi connectivity index (χ2n) is 2.25. The summed E-state index contributed by atoms with van der Waals surface area (Å²) in [4.78, 5) is 0. The van der Waals surface area contributed by atoms with E-state index >= 15 is 0 Å². The van der Waals surface area contributed by atoms with Crippen LogP contribution in [0, 0.1) is 0 Å². The highest BCUT2D eigenvalue weighted by molar-refractivity contribution is 7.37. The molecule has 69 valence electrons. The lowest BCUT2D eigenvalue weighted by Gasteiger charge is -1.84. The van der Waals surface area contributed by atoms with Crippen molar-refractivity contribution < 1.29 is 0 Å². The summed E-state index contributed by atoms with van der Waals surface area (Å²) in [5.74, 6) is 0.827. The molecule has 0 rings (SSSR count). The van der Waals surface area contributed by atoms with Crippen LogP contribution in [0.15, 0.2) is 0 Å². The summed E-state index contributed by atoms with van der Waals surface area (Å²) < 4.78 is 0. The van der Waals surface area contributed by atoms with Crippen molar-refractivity contribution in [2.24, 2.45) is 0 Å². The largest absolute Gasteiger partial charge is 0.127 e. The number of alkyl halides is 1. The van der Waals surface area contributed by atoms with Crippen LogP contribution in [-0.4, -0.2) is 18.2 Å². The van der Waals surface area contributed by atoms with Crippen molar-refractivity contribution in [3.63, 3.8) is 0 Å². The fourth-order valence-corrected chi connectivity index (χ4v) is 1.20. The molecule has 0 aromatic heterocycles. The molecule has 0 amide bonds. The highest BCUT2D eigenvalue weighted by Gasteiger charge is 1.76. The number of hydrogen-bond donors (Lipinski definition) is 0. The van der Waals surface area contributed by atoms with Crippen molar-refractivity contribution in [3.8, 4) is 0 Å². The normalized spacial score (nSPS) is 8.73. The summed E-state index contributed by atoms with van der Waals surface area (Å²) in [5.41, 5.74) is 0. The third-order valence-electron chi connectivity index (χ3n) is 1.18. The molecular formula is C9H21ClP. The lowest BCUT2D eigenvalue weighted by molar-refractivity contribution is 0.776. The van der Waals surface area contributed by atoms with Gasteiger partial charge in [-0.15, -0.1) is 11.6 Å². The maximum atomic E-state index is 5.38. The van der Waals surface area contributed by atoms with Crippen LogP contribution in [0.3, 0.4) is 0 Å². The van der Waals surface area contributed by atoms with Gasteiger partial charge in [-0.05, 0) is 18.7 Å². The summed E-state index contributed by atoms with van der Waals surface area (Å²) in [7, 11) is 1.58. The molecule has 0 fully saturated rings. The maximum absolute atomic E-state index is 5.38. The zero-order valence-electron chi connectivity index (χ0n) is 8.07. The molecule has 0 N–H and O–H groups in total. The number of halogens is 1. The highest BCUT2D eigenvalue weighted by atomic mass is 35.5. The van der Waals surface area contributed by atoms with E-state index in [-0.39, 0.29) is 0 Å². The molecule has 0 aromatic rings. The van der Waals surface area contributed by atoms with Crippen LogP contribution in [0.1, 0.15) is 40.0 Å². The van der Waals surface area contributed by atoms with E-state index in [4.69, 9.17) is 11.6 Å². The molecule has 1 radical (unpaired) electrons. The lowest BCUT2D eigenvalue weighted by Crippen LogP contribution is -1.70. The van der Waals surface area contributed by atoms with Crippen LogP contribution in [0.25, 0.3) is 0 Å². The lowest BCUT2D eigenvalue weighted by atomic mass is 10.3. The summed E-state index contributed by atoms with van der Waals surface area (Å²) in [5, 5.41) is 0. The van der Waals surface area contributed by atoms with Crippen LogP contribution in [0.2, 0.25) is 0 Å². The Morgan fingerprint density at radius 3 is 1.64 bits per heavy atom. The molecule has 0 atom stereocenters. The van der Waals surface area contributed by atoms with Gasteiger partial charge in [-0.25, -0.2) is 0 Å². The van der Waals surface area contributed by atoms with Gasteiger partial charge in [0.1, 0.15) is 0 Å². The van der Waals surface area contributed by atoms with Gasteiger partial charge in [0, 0.05) is 5.88 Å². The standard InChI is InChI=1S/C5H11Cl.C4H10P/c1-2-3-4-5-6;1-3-5-4-2/h2-5H2,1H3;3-4H2,1-2H3. The van der Waals surface area contributed by atoms with E-state index in [2.05, 4.69) is 20.8 Å². The Morgan fingerprint density at radius 2 is 1.55 bits per heavy atom. The third-order valence-corrected chi connectivity index (χ3v) is 2.35. The zero-order valence-corrected chi connectivity index (χ0v) is 9.72. The Hall–Kier alpha value is 0.720. The molecule has 0 bridgehead atoms. The average Bonchev–Trinajstić information content (AvgIpc) is 2.04. The molecule has 0 heterocycles. The van der Waals surface area contributed by atoms with E-state index in [1.54, 1.807) is 8.58 Å². The molecule has 0 unspecified atom stereocenters. The van der Waals surface area contributed by atoms with Gasteiger partial charge in [-0.2, -0.15) is 0 Å².